The fourth-order valence-electron chi connectivity index (χ4n) is 1.99. The van der Waals surface area contributed by atoms with E-state index in [-0.39, 0.29) is 11.6 Å². The summed E-state index contributed by atoms with van der Waals surface area (Å²) in [7, 11) is 0. The van der Waals surface area contributed by atoms with Gasteiger partial charge in [0.05, 0.1) is 10.6 Å². The molecule has 1 aromatic rings. The van der Waals surface area contributed by atoms with Crippen LogP contribution in [-0.2, 0) is 4.79 Å². The van der Waals surface area contributed by atoms with Crippen molar-refractivity contribution in [2.75, 3.05) is 11.4 Å². The number of amides is 1. The second-order valence-corrected chi connectivity index (χ2v) is 3.98. The Labute approximate surface area is 98.5 Å². The monoisotopic (exact) mass is 232 g/mol. The largest absolute Gasteiger partial charge is 0.312 e. The minimum Gasteiger partial charge on any atom is -0.312 e. The summed E-state index contributed by atoms with van der Waals surface area (Å²) in [6.45, 7) is 5.96. The Morgan fingerprint density at radius 1 is 1.53 bits per heavy atom. The smallest absolute Gasteiger partial charge is 0.270 e. The van der Waals surface area contributed by atoms with Crippen LogP contribution in [0.3, 0.4) is 0 Å². The molecule has 1 amide bonds. The Balaban J connectivity index is 2.55. The number of rotatable bonds is 1. The molecule has 1 aromatic carbocycles. The van der Waals surface area contributed by atoms with Gasteiger partial charge in [-0.05, 0) is 18.1 Å². The number of nitrogens with zero attached hydrogens (tertiary/aromatic N) is 2. The van der Waals surface area contributed by atoms with Gasteiger partial charge in [-0.2, -0.15) is 0 Å². The van der Waals surface area contributed by atoms with E-state index in [9.17, 15) is 14.9 Å². The zero-order valence-electron chi connectivity index (χ0n) is 9.47. The van der Waals surface area contributed by atoms with Crippen molar-refractivity contribution in [2.45, 2.75) is 13.3 Å². The van der Waals surface area contributed by atoms with Crippen molar-refractivity contribution in [1.82, 2.24) is 0 Å². The SMILES string of the molecule is C=C1CCN(C(C)=O)c2ccc([N+](=O)[O-])cc21. The number of hydrogen-bond acceptors (Lipinski definition) is 3. The predicted octanol–water partition coefficient (Wildman–Crippen LogP) is 2.36. The van der Waals surface area contributed by atoms with Crippen molar-refractivity contribution in [3.63, 3.8) is 0 Å². The van der Waals surface area contributed by atoms with E-state index in [0.29, 0.717) is 24.2 Å². The Kier molecular flexibility index (Phi) is 2.67. The second-order valence-electron chi connectivity index (χ2n) is 3.98. The van der Waals surface area contributed by atoms with Gasteiger partial charge in [-0.25, -0.2) is 0 Å². The highest BCUT2D eigenvalue weighted by Gasteiger charge is 2.24. The molecule has 0 spiro atoms. The first-order chi connectivity index (χ1) is 8.00. The molecule has 0 N–H and O–H groups in total. The summed E-state index contributed by atoms with van der Waals surface area (Å²) < 4.78 is 0. The van der Waals surface area contributed by atoms with E-state index in [1.807, 2.05) is 0 Å². The van der Waals surface area contributed by atoms with Gasteiger partial charge >= 0.3 is 0 Å². The summed E-state index contributed by atoms with van der Waals surface area (Å²) in [5.74, 6) is -0.0624. The molecule has 1 aliphatic rings. The summed E-state index contributed by atoms with van der Waals surface area (Å²) >= 11 is 0. The van der Waals surface area contributed by atoms with Crippen molar-refractivity contribution in [3.05, 3.63) is 40.5 Å². The van der Waals surface area contributed by atoms with Crippen molar-refractivity contribution in [3.8, 4) is 0 Å². The molecule has 5 heteroatoms. The van der Waals surface area contributed by atoms with E-state index in [4.69, 9.17) is 0 Å². The Morgan fingerprint density at radius 3 is 2.82 bits per heavy atom. The highest BCUT2D eigenvalue weighted by atomic mass is 16.6. The van der Waals surface area contributed by atoms with E-state index < -0.39 is 4.92 Å². The van der Waals surface area contributed by atoms with Crippen LogP contribution in [0.25, 0.3) is 5.57 Å². The first kappa shape index (κ1) is 11.3. The summed E-state index contributed by atoms with van der Waals surface area (Å²) in [6.07, 6.45) is 0.647. The summed E-state index contributed by atoms with van der Waals surface area (Å²) in [5.41, 5.74) is 2.26. The lowest BCUT2D eigenvalue weighted by atomic mass is 9.96. The molecular formula is C12H12N2O3. The van der Waals surface area contributed by atoms with Gasteiger partial charge in [0, 0.05) is 31.2 Å². The average Bonchev–Trinajstić information content (AvgIpc) is 2.28. The van der Waals surface area contributed by atoms with Gasteiger partial charge in [0.1, 0.15) is 0 Å². The van der Waals surface area contributed by atoms with Crippen LogP contribution in [0.4, 0.5) is 11.4 Å². The fourth-order valence-corrected chi connectivity index (χ4v) is 1.99. The zero-order valence-corrected chi connectivity index (χ0v) is 9.47. The second kappa shape index (κ2) is 4.01. The van der Waals surface area contributed by atoms with Crippen LogP contribution in [-0.4, -0.2) is 17.4 Å². The minimum atomic E-state index is -0.444. The van der Waals surface area contributed by atoms with Crippen LogP contribution in [0.2, 0.25) is 0 Å². The molecule has 88 valence electrons. The predicted molar refractivity (Wildman–Crippen MR) is 64.8 cm³/mol. The van der Waals surface area contributed by atoms with Crippen LogP contribution >= 0.6 is 0 Å². The van der Waals surface area contributed by atoms with Crippen LogP contribution in [0.5, 0.6) is 0 Å². The maximum atomic E-state index is 11.4. The van der Waals surface area contributed by atoms with E-state index in [1.165, 1.54) is 19.1 Å². The van der Waals surface area contributed by atoms with E-state index >= 15 is 0 Å². The molecule has 0 bridgehead atoms. The third-order valence-corrected chi connectivity index (χ3v) is 2.88. The van der Waals surface area contributed by atoms with E-state index in [2.05, 4.69) is 6.58 Å². The third kappa shape index (κ3) is 1.91. The number of fused-ring (bicyclic) bond motifs is 1. The van der Waals surface area contributed by atoms with Gasteiger partial charge in [-0.1, -0.05) is 6.58 Å². The normalized spacial score (nSPS) is 14.4. The highest BCUT2D eigenvalue weighted by Crippen LogP contribution is 2.35. The summed E-state index contributed by atoms with van der Waals surface area (Å²) in [5, 5.41) is 10.7. The van der Waals surface area contributed by atoms with Crippen molar-refractivity contribution >= 4 is 22.9 Å². The van der Waals surface area contributed by atoms with Crippen molar-refractivity contribution in [1.29, 1.82) is 0 Å². The summed E-state index contributed by atoms with van der Waals surface area (Å²) in [6, 6.07) is 4.50. The quantitative estimate of drug-likeness (QED) is 0.551. The number of hydrogen-bond donors (Lipinski definition) is 0. The maximum Gasteiger partial charge on any atom is 0.270 e. The van der Waals surface area contributed by atoms with Crippen molar-refractivity contribution in [2.24, 2.45) is 0 Å². The number of anilines is 1. The average molecular weight is 232 g/mol. The molecular weight excluding hydrogens is 220 g/mol. The molecule has 1 aliphatic heterocycles. The lowest BCUT2D eigenvalue weighted by Gasteiger charge is -2.29. The molecule has 5 nitrogen and oxygen atoms in total. The zero-order chi connectivity index (χ0) is 12.6. The lowest BCUT2D eigenvalue weighted by molar-refractivity contribution is -0.384. The molecule has 0 fully saturated rings. The fraction of sp³-hybridized carbons (Fsp3) is 0.250. The number of benzene rings is 1. The number of nitro benzene ring substituents is 1. The van der Waals surface area contributed by atoms with E-state index in [0.717, 1.165) is 5.57 Å². The van der Waals surface area contributed by atoms with Gasteiger partial charge < -0.3 is 4.90 Å². The maximum absolute atomic E-state index is 11.4. The minimum absolute atomic E-state index is 0.0234. The first-order valence-electron chi connectivity index (χ1n) is 5.25. The number of carbonyl (C=O) groups is 1. The Bertz CT molecular complexity index is 522. The highest BCUT2D eigenvalue weighted by molar-refractivity contribution is 5.97. The van der Waals surface area contributed by atoms with Gasteiger partial charge in [0.25, 0.3) is 5.69 Å². The van der Waals surface area contributed by atoms with Crippen molar-refractivity contribution < 1.29 is 9.72 Å². The van der Waals surface area contributed by atoms with Gasteiger partial charge in [-0.3, -0.25) is 14.9 Å². The summed E-state index contributed by atoms with van der Waals surface area (Å²) in [4.78, 5) is 23.3. The Hall–Kier alpha value is -2.17. The number of nitro groups is 1. The molecule has 0 saturated carbocycles. The molecule has 0 aromatic heterocycles. The lowest BCUT2D eigenvalue weighted by Crippen LogP contribution is -2.33. The van der Waals surface area contributed by atoms with Crippen LogP contribution < -0.4 is 4.90 Å². The number of carbonyl (C=O) groups excluding carboxylic acids is 1. The van der Waals surface area contributed by atoms with Crippen LogP contribution in [0.15, 0.2) is 24.8 Å². The topological polar surface area (TPSA) is 63.5 Å². The third-order valence-electron chi connectivity index (χ3n) is 2.88. The van der Waals surface area contributed by atoms with Crippen LogP contribution in [0, 0.1) is 10.1 Å². The van der Waals surface area contributed by atoms with Crippen LogP contribution in [0.1, 0.15) is 18.9 Å². The molecule has 0 aliphatic carbocycles. The van der Waals surface area contributed by atoms with E-state index in [1.54, 1.807) is 11.0 Å². The number of non-ortho nitro benzene ring substituents is 1. The van der Waals surface area contributed by atoms with Gasteiger partial charge in [-0.15, -0.1) is 0 Å². The molecule has 0 radical (unpaired) electrons. The molecule has 0 unspecified atom stereocenters. The Morgan fingerprint density at radius 2 is 2.24 bits per heavy atom. The molecule has 0 saturated heterocycles. The molecule has 1 heterocycles. The van der Waals surface area contributed by atoms with Gasteiger partial charge in [0.2, 0.25) is 5.91 Å². The van der Waals surface area contributed by atoms with Gasteiger partial charge in [0.15, 0.2) is 0 Å². The molecule has 17 heavy (non-hydrogen) atoms. The first-order valence-corrected chi connectivity index (χ1v) is 5.25. The standard InChI is InChI=1S/C12H12N2O3/c1-8-5-6-13(9(2)15)12-4-3-10(14(16)17)7-11(8)12/h3-4,7H,1,5-6H2,2H3. The molecule has 0 atom stereocenters. The molecule has 2 rings (SSSR count).